The van der Waals surface area contributed by atoms with Crippen LogP contribution in [0.5, 0.6) is 5.75 Å². The van der Waals surface area contributed by atoms with E-state index in [2.05, 4.69) is 11.4 Å². The van der Waals surface area contributed by atoms with E-state index in [-0.39, 0.29) is 11.9 Å². The minimum Gasteiger partial charge on any atom is -0.490 e. The fourth-order valence-electron chi connectivity index (χ4n) is 2.19. The van der Waals surface area contributed by atoms with E-state index in [1.165, 1.54) is 12.1 Å². The topological polar surface area (TPSA) is 45.0 Å². The summed E-state index contributed by atoms with van der Waals surface area (Å²) in [4.78, 5) is 0. The maximum absolute atomic E-state index is 12.7. The summed E-state index contributed by atoms with van der Waals surface area (Å²) in [6.07, 6.45) is 2.31. The lowest BCUT2D eigenvalue weighted by molar-refractivity contribution is 0.202. The van der Waals surface area contributed by atoms with Gasteiger partial charge in [-0.05, 0) is 44.2 Å². The SMILES string of the molecule is CNC1(C#N)CCC(Oc2ccc(F)cc2)C1. The number of nitrogens with one attached hydrogen (secondary N) is 1. The molecule has 2 rings (SSSR count). The Labute approximate surface area is 100 Å². The zero-order valence-corrected chi connectivity index (χ0v) is 9.74. The fraction of sp³-hybridized carbons (Fsp3) is 0.462. The van der Waals surface area contributed by atoms with Gasteiger partial charge in [-0.2, -0.15) is 5.26 Å². The highest BCUT2D eigenvalue weighted by Gasteiger charge is 2.39. The van der Waals surface area contributed by atoms with Crippen molar-refractivity contribution in [3.05, 3.63) is 30.1 Å². The van der Waals surface area contributed by atoms with Crippen LogP contribution in [0.25, 0.3) is 0 Å². The summed E-state index contributed by atoms with van der Waals surface area (Å²) < 4.78 is 18.5. The van der Waals surface area contributed by atoms with Gasteiger partial charge < -0.3 is 10.1 Å². The molecule has 1 saturated carbocycles. The first-order chi connectivity index (χ1) is 8.17. The Kier molecular flexibility index (Phi) is 3.30. The van der Waals surface area contributed by atoms with Crippen LogP contribution in [0.15, 0.2) is 24.3 Å². The van der Waals surface area contributed by atoms with Gasteiger partial charge in [0, 0.05) is 6.42 Å². The first-order valence-corrected chi connectivity index (χ1v) is 5.70. The normalized spacial score (nSPS) is 27.7. The summed E-state index contributed by atoms with van der Waals surface area (Å²) in [6.45, 7) is 0. The van der Waals surface area contributed by atoms with Crippen molar-refractivity contribution < 1.29 is 9.13 Å². The van der Waals surface area contributed by atoms with Crippen LogP contribution in [0.2, 0.25) is 0 Å². The molecule has 2 unspecified atom stereocenters. The second-order valence-electron chi connectivity index (χ2n) is 4.38. The van der Waals surface area contributed by atoms with Gasteiger partial charge in [0.1, 0.15) is 23.2 Å². The van der Waals surface area contributed by atoms with Gasteiger partial charge in [0.05, 0.1) is 6.07 Å². The van der Waals surface area contributed by atoms with Crippen LogP contribution in [-0.4, -0.2) is 18.7 Å². The van der Waals surface area contributed by atoms with Crippen molar-refractivity contribution in [2.24, 2.45) is 0 Å². The first-order valence-electron chi connectivity index (χ1n) is 5.70. The number of benzene rings is 1. The van der Waals surface area contributed by atoms with E-state index < -0.39 is 5.54 Å². The van der Waals surface area contributed by atoms with Crippen molar-refractivity contribution in [1.29, 1.82) is 5.26 Å². The number of ether oxygens (including phenoxy) is 1. The molecule has 0 radical (unpaired) electrons. The molecule has 0 spiro atoms. The van der Waals surface area contributed by atoms with Gasteiger partial charge in [-0.15, -0.1) is 0 Å². The molecule has 1 fully saturated rings. The van der Waals surface area contributed by atoms with Gasteiger partial charge in [-0.25, -0.2) is 4.39 Å². The molecule has 4 heteroatoms. The van der Waals surface area contributed by atoms with Crippen LogP contribution in [0.3, 0.4) is 0 Å². The fourth-order valence-corrected chi connectivity index (χ4v) is 2.19. The number of rotatable bonds is 3. The standard InChI is InChI=1S/C13H15FN2O/c1-16-13(9-15)7-6-12(8-13)17-11-4-2-10(14)3-5-11/h2-5,12,16H,6-8H2,1H3. The van der Waals surface area contributed by atoms with Crippen molar-refractivity contribution in [3.63, 3.8) is 0 Å². The molecule has 0 bridgehead atoms. The molecule has 0 aliphatic heterocycles. The third kappa shape index (κ3) is 2.56. The minimum atomic E-state index is -0.468. The second-order valence-corrected chi connectivity index (χ2v) is 4.38. The van der Waals surface area contributed by atoms with E-state index in [9.17, 15) is 4.39 Å². The highest BCUT2D eigenvalue weighted by atomic mass is 19.1. The molecular weight excluding hydrogens is 219 g/mol. The maximum Gasteiger partial charge on any atom is 0.123 e. The van der Waals surface area contributed by atoms with Gasteiger partial charge in [-0.3, -0.25) is 0 Å². The molecule has 1 N–H and O–H groups in total. The van der Waals surface area contributed by atoms with Gasteiger partial charge in [0.2, 0.25) is 0 Å². The lowest BCUT2D eigenvalue weighted by Crippen LogP contribution is -2.39. The number of nitrogens with zero attached hydrogens (tertiary/aromatic N) is 1. The average Bonchev–Trinajstić information content (AvgIpc) is 2.76. The Hall–Kier alpha value is -1.60. The van der Waals surface area contributed by atoms with Crippen molar-refractivity contribution in [2.45, 2.75) is 30.9 Å². The van der Waals surface area contributed by atoms with E-state index in [4.69, 9.17) is 10.00 Å². The molecule has 1 aromatic rings. The van der Waals surface area contributed by atoms with E-state index in [0.717, 1.165) is 12.8 Å². The number of hydrogen-bond acceptors (Lipinski definition) is 3. The van der Waals surface area contributed by atoms with Crippen molar-refractivity contribution in [1.82, 2.24) is 5.32 Å². The number of halogens is 1. The smallest absolute Gasteiger partial charge is 0.123 e. The molecule has 3 nitrogen and oxygen atoms in total. The third-order valence-electron chi connectivity index (χ3n) is 3.28. The molecule has 0 saturated heterocycles. The van der Waals surface area contributed by atoms with Crippen LogP contribution in [-0.2, 0) is 0 Å². The maximum atomic E-state index is 12.7. The predicted octanol–water partition coefficient (Wildman–Crippen LogP) is 2.24. The summed E-state index contributed by atoms with van der Waals surface area (Å²) in [6, 6.07) is 8.28. The lowest BCUT2D eigenvalue weighted by atomic mass is 10.0. The van der Waals surface area contributed by atoms with Crippen LogP contribution in [0.4, 0.5) is 4.39 Å². The summed E-state index contributed by atoms with van der Waals surface area (Å²) in [5, 5.41) is 12.2. The van der Waals surface area contributed by atoms with E-state index in [1.807, 2.05) is 0 Å². The minimum absolute atomic E-state index is 0.0209. The molecule has 0 amide bonds. The van der Waals surface area contributed by atoms with E-state index in [0.29, 0.717) is 12.2 Å². The largest absolute Gasteiger partial charge is 0.490 e. The Morgan fingerprint density at radius 3 is 2.71 bits per heavy atom. The molecule has 1 aliphatic rings. The number of hydrogen-bond donors (Lipinski definition) is 1. The summed E-state index contributed by atoms with van der Waals surface area (Å²) in [5.41, 5.74) is -0.468. The Morgan fingerprint density at radius 2 is 2.18 bits per heavy atom. The van der Waals surface area contributed by atoms with Crippen LogP contribution in [0.1, 0.15) is 19.3 Å². The average molecular weight is 234 g/mol. The summed E-state index contributed by atoms with van der Waals surface area (Å²) in [7, 11) is 1.80. The van der Waals surface area contributed by atoms with E-state index in [1.54, 1.807) is 19.2 Å². The van der Waals surface area contributed by atoms with Crippen LogP contribution >= 0.6 is 0 Å². The zero-order chi connectivity index (χ0) is 12.3. The second kappa shape index (κ2) is 4.72. The number of nitriles is 1. The quantitative estimate of drug-likeness (QED) is 0.872. The Balaban J connectivity index is 1.98. The van der Waals surface area contributed by atoms with Gasteiger partial charge in [-0.1, -0.05) is 0 Å². The van der Waals surface area contributed by atoms with Crippen LogP contribution in [0, 0.1) is 17.1 Å². The van der Waals surface area contributed by atoms with E-state index >= 15 is 0 Å². The Bertz CT molecular complexity index is 426. The molecule has 0 aromatic heterocycles. The summed E-state index contributed by atoms with van der Waals surface area (Å²) in [5.74, 6) is 0.381. The molecule has 90 valence electrons. The lowest BCUT2D eigenvalue weighted by Gasteiger charge is -2.20. The molecule has 1 aromatic carbocycles. The van der Waals surface area contributed by atoms with Crippen molar-refractivity contribution in [2.75, 3.05) is 7.05 Å². The van der Waals surface area contributed by atoms with Crippen molar-refractivity contribution in [3.8, 4) is 11.8 Å². The third-order valence-corrected chi connectivity index (χ3v) is 3.28. The highest BCUT2D eigenvalue weighted by molar-refractivity contribution is 5.23. The molecule has 17 heavy (non-hydrogen) atoms. The molecule has 1 aliphatic carbocycles. The van der Waals surface area contributed by atoms with Gasteiger partial charge in [0.15, 0.2) is 0 Å². The first kappa shape index (κ1) is 11.9. The molecule has 2 atom stereocenters. The molecular formula is C13H15FN2O. The van der Waals surface area contributed by atoms with Gasteiger partial charge in [0.25, 0.3) is 0 Å². The Morgan fingerprint density at radius 1 is 1.47 bits per heavy atom. The zero-order valence-electron chi connectivity index (χ0n) is 9.74. The highest BCUT2D eigenvalue weighted by Crippen LogP contribution is 2.32. The van der Waals surface area contributed by atoms with Crippen molar-refractivity contribution >= 4 is 0 Å². The van der Waals surface area contributed by atoms with Crippen LogP contribution < -0.4 is 10.1 Å². The van der Waals surface area contributed by atoms with Gasteiger partial charge >= 0.3 is 0 Å². The summed E-state index contributed by atoms with van der Waals surface area (Å²) >= 11 is 0. The monoisotopic (exact) mass is 234 g/mol. The molecule has 0 heterocycles. The predicted molar refractivity (Wildman–Crippen MR) is 62.1 cm³/mol.